The van der Waals surface area contributed by atoms with Crippen LogP contribution in [-0.2, 0) is 5.54 Å². The summed E-state index contributed by atoms with van der Waals surface area (Å²) < 4.78 is 0. The third-order valence-electron chi connectivity index (χ3n) is 4.07. The lowest BCUT2D eigenvalue weighted by molar-refractivity contribution is 0.304. The van der Waals surface area contributed by atoms with Gasteiger partial charge in [-0.25, -0.2) is 0 Å². The Balaban J connectivity index is 2.16. The molecule has 3 rings (SSSR count). The molecule has 0 aliphatic heterocycles. The zero-order valence-electron chi connectivity index (χ0n) is 10.2. The maximum Gasteiger partial charge on any atom is 0.0415 e. The van der Waals surface area contributed by atoms with Gasteiger partial charge in [0.15, 0.2) is 0 Å². The van der Waals surface area contributed by atoms with E-state index < -0.39 is 0 Å². The highest BCUT2D eigenvalue weighted by atomic mass is 14.7. The lowest BCUT2D eigenvalue weighted by atomic mass is 9.76. The van der Waals surface area contributed by atoms with E-state index in [1.807, 2.05) is 0 Å². The first-order valence-corrected chi connectivity index (χ1v) is 6.57. The molecule has 0 unspecified atom stereocenters. The summed E-state index contributed by atoms with van der Waals surface area (Å²) >= 11 is 0. The molecular weight excluding hydrogens is 206 g/mol. The molecule has 0 amide bonds. The zero-order chi connectivity index (χ0) is 11.7. The van der Waals surface area contributed by atoms with Gasteiger partial charge in [0.05, 0.1) is 0 Å². The minimum atomic E-state index is -0.0981. The molecule has 0 bridgehead atoms. The van der Waals surface area contributed by atoms with Crippen LogP contribution in [0.4, 0.5) is 0 Å². The Morgan fingerprint density at radius 1 is 0.824 bits per heavy atom. The van der Waals surface area contributed by atoms with E-state index in [2.05, 4.69) is 42.5 Å². The van der Waals surface area contributed by atoms with Crippen molar-refractivity contribution in [3.8, 4) is 0 Å². The second-order valence-corrected chi connectivity index (χ2v) is 5.24. The monoisotopic (exact) mass is 225 g/mol. The van der Waals surface area contributed by atoms with E-state index in [0.29, 0.717) is 0 Å². The molecule has 1 aliphatic rings. The van der Waals surface area contributed by atoms with Crippen molar-refractivity contribution in [1.82, 2.24) is 0 Å². The third-order valence-corrected chi connectivity index (χ3v) is 4.07. The van der Waals surface area contributed by atoms with Crippen molar-refractivity contribution < 1.29 is 0 Å². The molecule has 17 heavy (non-hydrogen) atoms. The summed E-state index contributed by atoms with van der Waals surface area (Å²) in [7, 11) is 0. The van der Waals surface area contributed by atoms with Crippen LogP contribution in [0.15, 0.2) is 42.5 Å². The Morgan fingerprint density at radius 2 is 1.53 bits per heavy atom. The van der Waals surface area contributed by atoms with Gasteiger partial charge in [0.25, 0.3) is 0 Å². The molecule has 0 saturated heterocycles. The van der Waals surface area contributed by atoms with Crippen molar-refractivity contribution in [3.05, 3.63) is 48.0 Å². The van der Waals surface area contributed by atoms with E-state index in [-0.39, 0.29) is 5.54 Å². The highest BCUT2D eigenvalue weighted by molar-refractivity contribution is 5.86. The normalized spacial score (nSPS) is 19.4. The highest BCUT2D eigenvalue weighted by Gasteiger charge is 2.30. The third kappa shape index (κ3) is 1.85. The van der Waals surface area contributed by atoms with E-state index in [1.165, 1.54) is 35.6 Å². The summed E-state index contributed by atoms with van der Waals surface area (Å²) in [4.78, 5) is 0. The van der Waals surface area contributed by atoms with Gasteiger partial charge in [-0.3, -0.25) is 0 Å². The SMILES string of the molecule is NC1(c2cccc3ccccc23)CCCCC1. The summed E-state index contributed by atoms with van der Waals surface area (Å²) in [6, 6.07) is 15.1. The molecule has 2 N–H and O–H groups in total. The molecule has 2 aromatic carbocycles. The molecule has 88 valence electrons. The second-order valence-electron chi connectivity index (χ2n) is 5.24. The molecule has 1 aliphatic carbocycles. The zero-order valence-corrected chi connectivity index (χ0v) is 10.2. The van der Waals surface area contributed by atoms with Gasteiger partial charge in [-0.2, -0.15) is 0 Å². The maximum absolute atomic E-state index is 6.65. The van der Waals surface area contributed by atoms with Crippen LogP contribution in [-0.4, -0.2) is 0 Å². The van der Waals surface area contributed by atoms with Crippen molar-refractivity contribution in [2.75, 3.05) is 0 Å². The van der Waals surface area contributed by atoms with Crippen molar-refractivity contribution in [1.29, 1.82) is 0 Å². The fraction of sp³-hybridized carbons (Fsp3) is 0.375. The molecular formula is C16H19N. The van der Waals surface area contributed by atoms with Crippen LogP contribution >= 0.6 is 0 Å². The molecule has 2 aromatic rings. The predicted octanol–water partition coefficient (Wildman–Crippen LogP) is 3.96. The Labute approximate surface area is 103 Å². The lowest BCUT2D eigenvalue weighted by Crippen LogP contribution is -2.38. The van der Waals surface area contributed by atoms with Gasteiger partial charge < -0.3 is 5.73 Å². The van der Waals surface area contributed by atoms with Gasteiger partial charge in [-0.05, 0) is 29.2 Å². The fourth-order valence-corrected chi connectivity index (χ4v) is 3.11. The molecule has 1 nitrogen and oxygen atoms in total. The fourth-order valence-electron chi connectivity index (χ4n) is 3.11. The van der Waals surface area contributed by atoms with Crippen LogP contribution in [0.25, 0.3) is 10.8 Å². The number of hydrogen-bond donors (Lipinski definition) is 1. The first-order valence-electron chi connectivity index (χ1n) is 6.57. The standard InChI is InChI=1S/C16H19N/c17-16(11-4-1-5-12-16)15-10-6-8-13-7-2-3-9-14(13)15/h2-3,6-10H,1,4-5,11-12,17H2. The summed E-state index contributed by atoms with van der Waals surface area (Å²) in [6.07, 6.45) is 6.12. The first-order chi connectivity index (χ1) is 8.30. The van der Waals surface area contributed by atoms with Crippen LogP contribution in [0.1, 0.15) is 37.7 Å². The van der Waals surface area contributed by atoms with Crippen LogP contribution in [0.5, 0.6) is 0 Å². The summed E-state index contributed by atoms with van der Waals surface area (Å²) in [5.74, 6) is 0. The van der Waals surface area contributed by atoms with Gasteiger partial charge in [0.2, 0.25) is 0 Å². The number of hydrogen-bond acceptors (Lipinski definition) is 1. The van der Waals surface area contributed by atoms with E-state index >= 15 is 0 Å². The Hall–Kier alpha value is -1.34. The molecule has 0 aromatic heterocycles. The van der Waals surface area contributed by atoms with Crippen molar-refractivity contribution >= 4 is 10.8 Å². The van der Waals surface area contributed by atoms with Crippen LogP contribution in [0, 0.1) is 0 Å². The number of nitrogens with two attached hydrogens (primary N) is 1. The molecule has 0 atom stereocenters. The molecule has 1 saturated carbocycles. The van der Waals surface area contributed by atoms with Crippen molar-refractivity contribution in [2.45, 2.75) is 37.6 Å². The number of fused-ring (bicyclic) bond motifs is 1. The topological polar surface area (TPSA) is 26.0 Å². The molecule has 0 radical (unpaired) electrons. The van der Waals surface area contributed by atoms with E-state index in [0.717, 1.165) is 12.8 Å². The molecule has 1 heteroatoms. The average Bonchev–Trinajstić information content (AvgIpc) is 2.39. The average molecular weight is 225 g/mol. The highest BCUT2D eigenvalue weighted by Crippen LogP contribution is 2.37. The summed E-state index contributed by atoms with van der Waals surface area (Å²) in [5.41, 5.74) is 7.89. The maximum atomic E-state index is 6.65. The first kappa shape index (κ1) is 10.8. The van der Waals surface area contributed by atoms with E-state index in [1.54, 1.807) is 0 Å². The van der Waals surface area contributed by atoms with Gasteiger partial charge in [-0.1, -0.05) is 61.7 Å². The van der Waals surface area contributed by atoms with Gasteiger partial charge in [0.1, 0.15) is 0 Å². The Bertz CT molecular complexity index is 519. The lowest BCUT2D eigenvalue weighted by Gasteiger charge is -2.34. The number of benzene rings is 2. The second kappa shape index (κ2) is 4.15. The summed E-state index contributed by atoms with van der Waals surface area (Å²) in [5, 5.41) is 2.64. The predicted molar refractivity (Wildman–Crippen MR) is 72.9 cm³/mol. The smallest absolute Gasteiger partial charge is 0.0415 e. The molecule has 1 fully saturated rings. The summed E-state index contributed by atoms with van der Waals surface area (Å²) in [6.45, 7) is 0. The quantitative estimate of drug-likeness (QED) is 0.781. The van der Waals surface area contributed by atoms with Crippen molar-refractivity contribution in [2.24, 2.45) is 5.73 Å². The van der Waals surface area contributed by atoms with Crippen LogP contribution in [0.2, 0.25) is 0 Å². The number of rotatable bonds is 1. The minimum Gasteiger partial charge on any atom is -0.321 e. The van der Waals surface area contributed by atoms with Crippen LogP contribution < -0.4 is 5.73 Å². The molecule has 0 spiro atoms. The van der Waals surface area contributed by atoms with Gasteiger partial charge in [-0.15, -0.1) is 0 Å². The van der Waals surface area contributed by atoms with Gasteiger partial charge >= 0.3 is 0 Å². The Morgan fingerprint density at radius 3 is 2.35 bits per heavy atom. The Kier molecular flexibility index (Phi) is 2.64. The van der Waals surface area contributed by atoms with Gasteiger partial charge in [0, 0.05) is 5.54 Å². The van der Waals surface area contributed by atoms with E-state index in [9.17, 15) is 0 Å². The largest absolute Gasteiger partial charge is 0.321 e. The molecule has 0 heterocycles. The van der Waals surface area contributed by atoms with Crippen LogP contribution in [0.3, 0.4) is 0 Å². The van der Waals surface area contributed by atoms with E-state index in [4.69, 9.17) is 5.73 Å². The minimum absolute atomic E-state index is 0.0981. The van der Waals surface area contributed by atoms with Crippen molar-refractivity contribution in [3.63, 3.8) is 0 Å².